The second kappa shape index (κ2) is 7.48. The van der Waals surface area contributed by atoms with Gasteiger partial charge in [-0.15, -0.1) is 0 Å². The average Bonchev–Trinajstić information content (AvgIpc) is 2.61. The predicted molar refractivity (Wildman–Crippen MR) is 105 cm³/mol. The number of fused-ring (bicyclic) bond motifs is 1. The maximum absolute atomic E-state index is 12.8. The van der Waals surface area contributed by atoms with Crippen molar-refractivity contribution >= 4 is 34.8 Å². The van der Waals surface area contributed by atoms with E-state index in [1.807, 2.05) is 6.92 Å². The number of ether oxygens (including phenoxy) is 2. The number of carbonyl (C=O) groups is 2. The third-order valence-corrected chi connectivity index (χ3v) is 4.32. The standard InChI is InChI=1S/C20H21ClN2O4/c1-4-26-15-8-6-14(7-9-15)22-18(24)12-23-16-11-13(21)5-10-17(16)27-20(2,3)19(23)25/h5-11H,4,12H2,1-3H3,(H,22,24). The van der Waals surface area contributed by atoms with Crippen LogP contribution >= 0.6 is 11.6 Å². The van der Waals surface area contributed by atoms with Gasteiger partial charge in [0.2, 0.25) is 5.91 Å². The highest BCUT2D eigenvalue weighted by atomic mass is 35.5. The van der Waals surface area contributed by atoms with Crippen molar-refractivity contribution in [1.82, 2.24) is 0 Å². The minimum Gasteiger partial charge on any atom is -0.494 e. The summed E-state index contributed by atoms with van der Waals surface area (Å²) in [4.78, 5) is 26.7. The van der Waals surface area contributed by atoms with Crippen LogP contribution in [0.4, 0.5) is 11.4 Å². The van der Waals surface area contributed by atoms with E-state index in [1.54, 1.807) is 56.3 Å². The molecule has 27 heavy (non-hydrogen) atoms. The summed E-state index contributed by atoms with van der Waals surface area (Å²) >= 11 is 6.06. The first-order valence-corrected chi connectivity index (χ1v) is 9.01. The van der Waals surface area contributed by atoms with Gasteiger partial charge in [-0.3, -0.25) is 14.5 Å². The van der Waals surface area contributed by atoms with Crippen LogP contribution in [0.1, 0.15) is 20.8 Å². The molecule has 142 valence electrons. The summed E-state index contributed by atoms with van der Waals surface area (Å²) in [6, 6.07) is 12.0. The first-order chi connectivity index (χ1) is 12.8. The Morgan fingerprint density at radius 2 is 1.93 bits per heavy atom. The summed E-state index contributed by atoms with van der Waals surface area (Å²) in [6.45, 7) is 5.67. The monoisotopic (exact) mass is 388 g/mol. The lowest BCUT2D eigenvalue weighted by Gasteiger charge is -2.38. The lowest BCUT2D eigenvalue weighted by molar-refractivity contribution is -0.133. The van der Waals surface area contributed by atoms with Gasteiger partial charge in [0.05, 0.1) is 12.3 Å². The van der Waals surface area contributed by atoms with Gasteiger partial charge in [-0.1, -0.05) is 11.6 Å². The first-order valence-electron chi connectivity index (χ1n) is 8.63. The largest absolute Gasteiger partial charge is 0.494 e. The number of carbonyl (C=O) groups excluding carboxylic acids is 2. The molecule has 0 unspecified atom stereocenters. The van der Waals surface area contributed by atoms with Gasteiger partial charge >= 0.3 is 0 Å². The number of benzene rings is 2. The molecule has 2 aromatic rings. The van der Waals surface area contributed by atoms with E-state index in [0.717, 1.165) is 5.75 Å². The lowest BCUT2D eigenvalue weighted by Crippen LogP contribution is -2.54. The molecule has 1 aliphatic heterocycles. The van der Waals surface area contributed by atoms with Crippen LogP contribution in [0.2, 0.25) is 5.02 Å². The van der Waals surface area contributed by atoms with Gasteiger partial charge in [-0.25, -0.2) is 0 Å². The molecule has 1 aliphatic rings. The van der Waals surface area contributed by atoms with Gasteiger partial charge in [0, 0.05) is 10.7 Å². The smallest absolute Gasteiger partial charge is 0.271 e. The van der Waals surface area contributed by atoms with Crippen LogP contribution in [0.15, 0.2) is 42.5 Å². The van der Waals surface area contributed by atoms with E-state index in [4.69, 9.17) is 21.1 Å². The molecule has 2 amide bonds. The number of rotatable bonds is 5. The van der Waals surface area contributed by atoms with Crippen LogP contribution in [0, 0.1) is 0 Å². The van der Waals surface area contributed by atoms with Gasteiger partial charge in [-0.05, 0) is 63.2 Å². The Morgan fingerprint density at radius 3 is 2.59 bits per heavy atom. The maximum atomic E-state index is 12.8. The van der Waals surface area contributed by atoms with Crippen molar-refractivity contribution in [3.05, 3.63) is 47.5 Å². The van der Waals surface area contributed by atoms with Gasteiger partial charge in [0.15, 0.2) is 5.60 Å². The molecule has 0 aromatic heterocycles. The minimum atomic E-state index is -1.07. The number of hydrogen-bond donors (Lipinski definition) is 1. The zero-order valence-corrected chi connectivity index (χ0v) is 16.2. The molecule has 0 spiro atoms. The van der Waals surface area contributed by atoms with E-state index in [1.165, 1.54) is 4.90 Å². The average molecular weight is 389 g/mol. The van der Waals surface area contributed by atoms with Crippen molar-refractivity contribution in [2.75, 3.05) is 23.4 Å². The minimum absolute atomic E-state index is 0.147. The predicted octanol–water partition coefficient (Wildman–Crippen LogP) is 3.88. The molecule has 0 saturated carbocycles. The third-order valence-electron chi connectivity index (χ3n) is 4.09. The highest BCUT2D eigenvalue weighted by Crippen LogP contribution is 2.39. The van der Waals surface area contributed by atoms with Crippen LogP contribution in [0.25, 0.3) is 0 Å². The normalized spacial score (nSPS) is 15.0. The molecule has 2 aromatic carbocycles. The molecular weight excluding hydrogens is 368 g/mol. The molecule has 0 atom stereocenters. The van der Waals surface area contributed by atoms with E-state index in [0.29, 0.717) is 28.8 Å². The molecular formula is C20H21ClN2O4. The Hall–Kier alpha value is -2.73. The summed E-state index contributed by atoms with van der Waals surface area (Å²) in [7, 11) is 0. The quantitative estimate of drug-likeness (QED) is 0.843. The second-order valence-corrected chi connectivity index (χ2v) is 7.06. The number of halogens is 1. The summed E-state index contributed by atoms with van der Waals surface area (Å²) in [5, 5.41) is 3.25. The molecule has 3 rings (SSSR count). The van der Waals surface area contributed by atoms with E-state index < -0.39 is 5.60 Å². The Kier molecular flexibility index (Phi) is 5.28. The van der Waals surface area contributed by atoms with Crippen molar-refractivity contribution in [3.8, 4) is 11.5 Å². The van der Waals surface area contributed by atoms with Crippen LogP contribution in [-0.4, -0.2) is 30.6 Å². The van der Waals surface area contributed by atoms with Crippen molar-refractivity contribution in [3.63, 3.8) is 0 Å². The number of nitrogens with one attached hydrogen (secondary N) is 1. The van der Waals surface area contributed by atoms with Crippen molar-refractivity contribution in [1.29, 1.82) is 0 Å². The van der Waals surface area contributed by atoms with E-state index in [9.17, 15) is 9.59 Å². The highest BCUT2D eigenvalue weighted by molar-refractivity contribution is 6.31. The number of hydrogen-bond acceptors (Lipinski definition) is 4. The number of anilines is 2. The van der Waals surface area contributed by atoms with Crippen LogP contribution in [-0.2, 0) is 9.59 Å². The van der Waals surface area contributed by atoms with Gasteiger partial charge in [0.25, 0.3) is 5.91 Å². The maximum Gasteiger partial charge on any atom is 0.271 e. The second-order valence-electron chi connectivity index (χ2n) is 6.62. The molecule has 7 heteroatoms. The lowest BCUT2D eigenvalue weighted by atomic mass is 10.0. The fourth-order valence-corrected chi connectivity index (χ4v) is 3.01. The zero-order chi connectivity index (χ0) is 19.6. The Bertz CT molecular complexity index is 865. The van der Waals surface area contributed by atoms with Crippen LogP contribution in [0.3, 0.4) is 0 Å². The molecule has 1 heterocycles. The Balaban J connectivity index is 1.78. The molecule has 1 N–H and O–H groups in total. The molecule has 0 radical (unpaired) electrons. The third kappa shape index (κ3) is 4.17. The highest BCUT2D eigenvalue weighted by Gasteiger charge is 2.41. The first kappa shape index (κ1) is 19.0. The Morgan fingerprint density at radius 1 is 1.22 bits per heavy atom. The Labute approximate surface area is 163 Å². The fraction of sp³-hybridized carbons (Fsp3) is 0.300. The summed E-state index contributed by atoms with van der Waals surface area (Å²) in [6.07, 6.45) is 0. The zero-order valence-electron chi connectivity index (χ0n) is 15.4. The van der Waals surface area contributed by atoms with Crippen molar-refractivity contribution < 1.29 is 19.1 Å². The molecule has 0 bridgehead atoms. The molecule has 6 nitrogen and oxygen atoms in total. The van der Waals surface area contributed by atoms with Crippen molar-refractivity contribution in [2.24, 2.45) is 0 Å². The number of nitrogens with zero attached hydrogens (tertiary/aromatic N) is 1. The summed E-state index contributed by atoms with van der Waals surface area (Å²) < 4.78 is 11.1. The fourth-order valence-electron chi connectivity index (χ4n) is 2.84. The summed E-state index contributed by atoms with van der Waals surface area (Å²) in [5.74, 6) is 0.609. The van der Waals surface area contributed by atoms with Gasteiger partial charge in [-0.2, -0.15) is 0 Å². The van der Waals surface area contributed by atoms with Crippen LogP contribution < -0.4 is 19.7 Å². The van der Waals surface area contributed by atoms with Gasteiger partial charge < -0.3 is 14.8 Å². The van der Waals surface area contributed by atoms with Crippen LogP contribution in [0.5, 0.6) is 11.5 Å². The number of amides is 2. The topological polar surface area (TPSA) is 67.9 Å². The molecule has 0 aliphatic carbocycles. The van der Waals surface area contributed by atoms with E-state index in [2.05, 4.69) is 5.32 Å². The SMILES string of the molecule is CCOc1ccc(NC(=O)CN2C(=O)C(C)(C)Oc3ccc(Cl)cc32)cc1. The van der Waals surface area contributed by atoms with E-state index in [-0.39, 0.29) is 18.4 Å². The molecule has 0 fully saturated rings. The van der Waals surface area contributed by atoms with E-state index >= 15 is 0 Å². The van der Waals surface area contributed by atoms with Crippen molar-refractivity contribution in [2.45, 2.75) is 26.4 Å². The van der Waals surface area contributed by atoms with Gasteiger partial charge in [0.1, 0.15) is 18.0 Å². The molecule has 0 saturated heterocycles. The summed E-state index contributed by atoms with van der Waals surface area (Å²) in [5.41, 5.74) is 0.0312.